The Balaban J connectivity index is 2.57. The van der Waals surface area contributed by atoms with E-state index in [0.29, 0.717) is 12.0 Å². The smallest absolute Gasteiger partial charge is 0.303 e. The number of rotatable bonds is 3. The third-order valence-corrected chi connectivity index (χ3v) is 2.35. The third kappa shape index (κ3) is 2.24. The highest BCUT2D eigenvalue weighted by Crippen LogP contribution is 2.33. The molecule has 0 N–H and O–H groups in total. The van der Waals surface area contributed by atoms with E-state index in [9.17, 15) is 18.0 Å². The van der Waals surface area contributed by atoms with Gasteiger partial charge in [0.25, 0.3) is 0 Å². The molecule has 0 radical (unpaired) electrons. The second-order valence-electron chi connectivity index (χ2n) is 3.52. The SMILES string of the molecule is O=CCc1cnnn1-c1ccccc1C(F)(F)F. The molecule has 94 valence electrons. The first-order valence-corrected chi connectivity index (χ1v) is 5.04. The highest BCUT2D eigenvalue weighted by Gasteiger charge is 2.34. The lowest BCUT2D eigenvalue weighted by molar-refractivity contribution is -0.137. The van der Waals surface area contributed by atoms with E-state index in [1.165, 1.54) is 24.4 Å². The van der Waals surface area contributed by atoms with Crippen LogP contribution in [-0.2, 0) is 17.4 Å². The van der Waals surface area contributed by atoms with E-state index >= 15 is 0 Å². The molecule has 0 fully saturated rings. The Kier molecular flexibility index (Phi) is 3.14. The number of hydrogen-bond donors (Lipinski definition) is 0. The van der Waals surface area contributed by atoms with Crippen molar-refractivity contribution in [2.75, 3.05) is 0 Å². The first-order valence-electron chi connectivity index (χ1n) is 5.04. The lowest BCUT2D eigenvalue weighted by atomic mass is 10.1. The summed E-state index contributed by atoms with van der Waals surface area (Å²) in [5.74, 6) is 0. The molecule has 18 heavy (non-hydrogen) atoms. The molecule has 1 heterocycles. The molecular formula is C11H8F3N3O. The zero-order valence-electron chi connectivity index (χ0n) is 9.05. The number of aromatic nitrogens is 3. The summed E-state index contributed by atoms with van der Waals surface area (Å²) in [4.78, 5) is 10.4. The summed E-state index contributed by atoms with van der Waals surface area (Å²) in [6, 6.07) is 5.01. The number of alkyl halides is 3. The number of nitrogens with zero attached hydrogens (tertiary/aromatic N) is 3. The molecule has 0 atom stereocenters. The molecule has 0 aliphatic heterocycles. The van der Waals surface area contributed by atoms with Crippen LogP contribution < -0.4 is 0 Å². The maximum absolute atomic E-state index is 12.8. The van der Waals surface area contributed by atoms with Gasteiger partial charge in [-0.15, -0.1) is 5.10 Å². The Labute approximate surface area is 100 Å². The van der Waals surface area contributed by atoms with E-state index in [1.807, 2.05) is 0 Å². The zero-order chi connectivity index (χ0) is 13.2. The molecule has 0 aliphatic carbocycles. The average Bonchev–Trinajstić information content (AvgIpc) is 2.77. The van der Waals surface area contributed by atoms with Crippen molar-refractivity contribution >= 4 is 6.29 Å². The Morgan fingerprint density at radius 1 is 1.28 bits per heavy atom. The Bertz CT molecular complexity index is 563. The number of carbonyl (C=O) groups is 1. The lowest BCUT2D eigenvalue weighted by Gasteiger charge is -2.13. The van der Waals surface area contributed by atoms with Crippen molar-refractivity contribution in [1.29, 1.82) is 0 Å². The predicted octanol–water partition coefficient (Wildman–Crippen LogP) is 2.03. The van der Waals surface area contributed by atoms with E-state index in [0.717, 1.165) is 10.7 Å². The Morgan fingerprint density at radius 2 is 2.00 bits per heavy atom. The second kappa shape index (κ2) is 4.59. The minimum atomic E-state index is -4.49. The maximum Gasteiger partial charge on any atom is 0.418 e. The van der Waals surface area contributed by atoms with E-state index in [4.69, 9.17) is 0 Å². The second-order valence-corrected chi connectivity index (χ2v) is 3.52. The van der Waals surface area contributed by atoms with Crippen molar-refractivity contribution in [3.05, 3.63) is 41.7 Å². The van der Waals surface area contributed by atoms with E-state index in [1.54, 1.807) is 0 Å². The average molecular weight is 255 g/mol. The molecular weight excluding hydrogens is 247 g/mol. The molecule has 0 amide bonds. The van der Waals surface area contributed by atoms with Crippen LogP contribution in [0.25, 0.3) is 5.69 Å². The highest BCUT2D eigenvalue weighted by molar-refractivity contribution is 5.54. The monoisotopic (exact) mass is 255 g/mol. The third-order valence-electron chi connectivity index (χ3n) is 2.35. The minimum Gasteiger partial charge on any atom is -0.303 e. The summed E-state index contributed by atoms with van der Waals surface area (Å²) in [5, 5.41) is 7.11. The summed E-state index contributed by atoms with van der Waals surface area (Å²) >= 11 is 0. The number of para-hydroxylation sites is 1. The van der Waals surface area contributed by atoms with E-state index in [2.05, 4.69) is 10.3 Å². The fraction of sp³-hybridized carbons (Fsp3) is 0.182. The van der Waals surface area contributed by atoms with Crippen molar-refractivity contribution in [2.45, 2.75) is 12.6 Å². The van der Waals surface area contributed by atoms with Crippen molar-refractivity contribution in [3.63, 3.8) is 0 Å². The van der Waals surface area contributed by atoms with Gasteiger partial charge in [-0.1, -0.05) is 17.3 Å². The van der Waals surface area contributed by atoms with Gasteiger partial charge in [0.2, 0.25) is 0 Å². The molecule has 7 heteroatoms. The van der Waals surface area contributed by atoms with Crippen molar-refractivity contribution in [3.8, 4) is 5.69 Å². The van der Waals surface area contributed by atoms with Gasteiger partial charge in [0.1, 0.15) is 6.29 Å². The van der Waals surface area contributed by atoms with Crippen molar-refractivity contribution in [2.24, 2.45) is 0 Å². The zero-order valence-corrected chi connectivity index (χ0v) is 9.05. The fourth-order valence-corrected chi connectivity index (χ4v) is 1.58. The molecule has 0 spiro atoms. The quantitative estimate of drug-likeness (QED) is 0.788. The summed E-state index contributed by atoms with van der Waals surface area (Å²) in [7, 11) is 0. The molecule has 0 unspecified atom stereocenters. The van der Waals surface area contributed by atoms with Gasteiger partial charge < -0.3 is 4.79 Å². The van der Waals surface area contributed by atoms with Gasteiger partial charge in [-0.3, -0.25) is 0 Å². The largest absolute Gasteiger partial charge is 0.418 e. The normalized spacial score (nSPS) is 11.5. The van der Waals surface area contributed by atoms with Crippen LogP contribution in [0.2, 0.25) is 0 Å². The fourth-order valence-electron chi connectivity index (χ4n) is 1.58. The maximum atomic E-state index is 12.8. The highest BCUT2D eigenvalue weighted by atomic mass is 19.4. The predicted molar refractivity (Wildman–Crippen MR) is 56.1 cm³/mol. The first kappa shape index (κ1) is 12.3. The van der Waals surface area contributed by atoms with Crippen LogP contribution in [0, 0.1) is 0 Å². The van der Waals surface area contributed by atoms with Gasteiger partial charge in [0.15, 0.2) is 0 Å². The van der Waals surface area contributed by atoms with Gasteiger partial charge in [0.05, 0.1) is 23.1 Å². The van der Waals surface area contributed by atoms with Crippen LogP contribution in [0.4, 0.5) is 13.2 Å². The van der Waals surface area contributed by atoms with Gasteiger partial charge in [-0.25, -0.2) is 4.68 Å². The van der Waals surface area contributed by atoms with Crippen LogP contribution in [0.15, 0.2) is 30.5 Å². The molecule has 0 saturated heterocycles. The standard InChI is InChI=1S/C11H8F3N3O/c12-11(13,14)9-3-1-2-4-10(9)17-8(5-6-18)7-15-16-17/h1-4,6-7H,5H2. The molecule has 1 aromatic carbocycles. The summed E-state index contributed by atoms with van der Waals surface area (Å²) in [6.07, 6.45) is -2.67. The topological polar surface area (TPSA) is 47.8 Å². The number of halogens is 3. The van der Waals surface area contributed by atoms with Crippen molar-refractivity contribution < 1.29 is 18.0 Å². The van der Waals surface area contributed by atoms with Crippen molar-refractivity contribution in [1.82, 2.24) is 15.0 Å². The molecule has 0 aliphatic rings. The van der Waals surface area contributed by atoms with Crippen LogP contribution in [-0.4, -0.2) is 21.3 Å². The van der Waals surface area contributed by atoms with E-state index in [-0.39, 0.29) is 12.1 Å². The molecule has 0 bridgehead atoms. The van der Waals surface area contributed by atoms with E-state index < -0.39 is 11.7 Å². The van der Waals surface area contributed by atoms with Crippen LogP contribution in [0.3, 0.4) is 0 Å². The Morgan fingerprint density at radius 3 is 2.67 bits per heavy atom. The summed E-state index contributed by atoms with van der Waals surface area (Å²) < 4.78 is 39.5. The van der Waals surface area contributed by atoms with Gasteiger partial charge in [-0.2, -0.15) is 13.2 Å². The van der Waals surface area contributed by atoms with Crippen LogP contribution >= 0.6 is 0 Å². The summed E-state index contributed by atoms with van der Waals surface area (Å²) in [5.41, 5.74) is -0.649. The van der Waals surface area contributed by atoms with Crippen LogP contribution in [0.5, 0.6) is 0 Å². The summed E-state index contributed by atoms with van der Waals surface area (Å²) in [6.45, 7) is 0. The Hall–Kier alpha value is -2.18. The van der Waals surface area contributed by atoms with Crippen LogP contribution in [0.1, 0.15) is 11.3 Å². The number of benzene rings is 1. The molecule has 2 aromatic rings. The molecule has 2 rings (SSSR count). The first-order chi connectivity index (χ1) is 8.54. The number of carbonyl (C=O) groups excluding carboxylic acids is 1. The number of hydrogen-bond acceptors (Lipinski definition) is 3. The molecule has 1 aromatic heterocycles. The molecule has 0 saturated carbocycles. The van der Waals surface area contributed by atoms with Gasteiger partial charge in [-0.05, 0) is 12.1 Å². The van der Waals surface area contributed by atoms with Gasteiger partial charge in [0, 0.05) is 6.42 Å². The lowest BCUT2D eigenvalue weighted by Crippen LogP contribution is -2.13. The van der Waals surface area contributed by atoms with Gasteiger partial charge >= 0.3 is 6.18 Å². The number of aldehydes is 1. The minimum absolute atomic E-state index is 0.0425. The molecule has 4 nitrogen and oxygen atoms in total.